The SMILES string of the molecule is CC[Si]1(C)c2cccc3c2[CH]([Zr+2][CH]2c4ccccc4-c4ccc(O[Si](C)(C)C)c1c42)c1ccccc1-3.[Cl-].[Cl-]. The Kier molecular flexibility index (Phi) is 7.32. The summed E-state index contributed by atoms with van der Waals surface area (Å²) < 4.78 is 8.16. The molecule has 0 aromatic heterocycles. The molecule has 3 atom stereocenters. The Morgan fingerprint density at radius 2 is 1.26 bits per heavy atom. The molecular formula is C32H32Cl2OSi2Zr. The molecule has 0 radical (unpaired) electrons. The zero-order chi connectivity index (χ0) is 24.8. The van der Waals surface area contributed by atoms with Crippen LogP contribution in [0, 0.1) is 0 Å². The first kappa shape index (κ1) is 28.1. The summed E-state index contributed by atoms with van der Waals surface area (Å²) in [5.41, 5.74) is 12.5. The minimum absolute atomic E-state index is 0. The van der Waals surface area contributed by atoms with Crippen molar-refractivity contribution in [1.29, 1.82) is 0 Å². The zero-order valence-electron chi connectivity index (χ0n) is 22.5. The van der Waals surface area contributed by atoms with Crippen LogP contribution in [-0.4, -0.2) is 16.4 Å². The predicted octanol–water partition coefficient (Wildman–Crippen LogP) is 1.36. The number of benzene rings is 4. The predicted molar refractivity (Wildman–Crippen MR) is 153 cm³/mol. The molecule has 0 amide bonds. The Bertz CT molecular complexity index is 1560. The van der Waals surface area contributed by atoms with E-state index in [0.29, 0.717) is 7.25 Å². The van der Waals surface area contributed by atoms with Gasteiger partial charge in [-0.1, -0.05) is 0 Å². The van der Waals surface area contributed by atoms with E-state index < -0.39 is 39.6 Å². The van der Waals surface area contributed by atoms with Crippen LogP contribution < -0.4 is 39.6 Å². The molecule has 192 valence electrons. The van der Waals surface area contributed by atoms with Crippen LogP contribution in [0.2, 0.25) is 32.2 Å². The van der Waals surface area contributed by atoms with Crippen molar-refractivity contribution in [3.05, 3.63) is 101 Å². The Hall–Kier alpha value is -1.42. The van der Waals surface area contributed by atoms with Crippen molar-refractivity contribution in [3.63, 3.8) is 0 Å². The molecule has 0 fully saturated rings. The largest absolute Gasteiger partial charge is 1.00 e. The van der Waals surface area contributed by atoms with E-state index in [4.69, 9.17) is 4.43 Å². The first-order chi connectivity index (χ1) is 17.3. The van der Waals surface area contributed by atoms with E-state index in [0.717, 1.165) is 0 Å². The summed E-state index contributed by atoms with van der Waals surface area (Å²) in [4.78, 5) is 0. The molecule has 0 saturated heterocycles. The van der Waals surface area contributed by atoms with Gasteiger partial charge in [-0.2, -0.15) is 0 Å². The summed E-state index contributed by atoms with van der Waals surface area (Å²) in [7, 11) is -3.88. The first-order valence-corrected chi connectivity index (χ1v) is 22.2. The topological polar surface area (TPSA) is 9.23 Å². The van der Waals surface area contributed by atoms with Crippen molar-refractivity contribution in [2.45, 2.75) is 46.4 Å². The summed E-state index contributed by atoms with van der Waals surface area (Å²) in [6, 6.07) is 31.8. The third kappa shape index (κ3) is 3.93. The third-order valence-corrected chi connectivity index (χ3v) is 18.7. The smallest absolute Gasteiger partial charge is 1.00 e. The molecule has 0 spiro atoms. The van der Waals surface area contributed by atoms with Crippen LogP contribution in [0.4, 0.5) is 0 Å². The second-order valence-electron chi connectivity index (χ2n) is 11.8. The van der Waals surface area contributed by atoms with Crippen LogP contribution in [0.3, 0.4) is 0 Å². The second-order valence-corrected chi connectivity index (χ2v) is 24.3. The number of halogens is 2. The van der Waals surface area contributed by atoms with Gasteiger partial charge in [-0.15, -0.1) is 0 Å². The van der Waals surface area contributed by atoms with Crippen LogP contribution in [0.1, 0.15) is 36.4 Å². The van der Waals surface area contributed by atoms with Gasteiger partial charge >= 0.3 is 230 Å². The van der Waals surface area contributed by atoms with Crippen LogP contribution in [0.25, 0.3) is 22.3 Å². The van der Waals surface area contributed by atoms with Gasteiger partial charge in [-0.05, 0) is 0 Å². The maximum absolute atomic E-state index is 6.97. The number of rotatable bonds is 3. The van der Waals surface area contributed by atoms with Crippen molar-refractivity contribution in [2.24, 2.45) is 0 Å². The van der Waals surface area contributed by atoms with Crippen molar-refractivity contribution in [2.75, 3.05) is 0 Å². The summed E-state index contributed by atoms with van der Waals surface area (Å²) >= 11 is -0.971. The Balaban J connectivity index is 0.00000147. The molecule has 1 heterocycles. The van der Waals surface area contributed by atoms with Crippen LogP contribution >= 0.6 is 0 Å². The minimum Gasteiger partial charge on any atom is -1.00 e. The number of fused-ring (bicyclic) bond motifs is 6. The van der Waals surface area contributed by atoms with Gasteiger partial charge in [0.25, 0.3) is 0 Å². The van der Waals surface area contributed by atoms with Gasteiger partial charge in [0.05, 0.1) is 0 Å². The minimum atomic E-state index is -2.10. The molecule has 4 aromatic carbocycles. The summed E-state index contributed by atoms with van der Waals surface area (Å²) in [6.45, 7) is 12.1. The normalized spacial score (nSPS) is 21.1. The van der Waals surface area contributed by atoms with Crippen molar-refractivity contribution in [1.82, 2.24) is 0 Å². The van der Waals surface area contributed by atoms with Crippen molar-refractivity contribution >= 4 is 26.8 Å². The van der Waals surface area contributed by atoms with Gasteiger partial charge in [0.1, 0.15) is 0 Å². The van der Waals surface area contributed by atoms with E-state index in [1.54, 1.807) is 32.6 Å². The van der Waals surface area contributed by atoms with E-state index in [2.05, 4.69) is 112 Å². The standard InChI is InChI=1S/C32H32OSi2.2ClH.Zr/c1-6-35(5,31-17-11-16-26-24-14-9-7-12-22(24)20-28(26)31)32-29-21-23-13-8-10-15-25(23)27(29)18-19-30(32)33-34(2,3)4;;;/h7-21H,6H2,1-5H3;2*1H;/q;;;+2/p-2. The molecule has 2 aliphatic carbocycles. The maximum atomic E-state index is 6.97. The van der Waals surface area contributed by atoms with E-state index >= 15 is 0 Å². The molecule has 0 N–H and O–H groups in total. The van der Waals surface area contributed by atoms with Crippen molar-refractivity contribution in [3.8, 4) is 28.0 Å². The summed E-state index contributed by atoms with van der Waals surface area (Å²) in [5, 5.41) is 3.29. The van der Waals surface area contributed by atoms with Crippen LogP contribution in [0.5, 0.6) is 5.75 Å². The first-order valence-electron chi connectivity index (χ1n) is 13.3. The molecule has 38 heavy (non-hydrogen) atoms. The molecule has 7 rings (SSSR count). The molecule has 0 bridgehead atoms. The van der Waals surface area contributed by atoms with Gasteiger partial charge in [0.15, 0.2) is 0 Å². The average molecular weight is 651 g/mol. The maximum Gasteiger partial charge on any atom is -1.00 e. The summed E-state index contributed by atoms with van der Waals surface area (Å²) in [6.07, 6.45) is 0. The molecular weight excluding hydrogens is 619 g/mol. The second kappa shape index (κ2) is 9.89. The van der Waals surface area contributed by atoms with E-state index in [-0.39, 0.29) is 24.8 Å². The van der Waals surface area contributed by atoms with E-state index in [1.807, 2.05) is 0 Å². The molecule has 3 unspecified atom stereocenters. The fraction of sp³-hybridized carbons (Fsp3) is 0.250. The fourth-order valence-electron chi connectivity index (χ4n) is 7.02. The molecule has 0 saturated carbocycles. The van der Waals surface area contributed by atoms with Crippen LogP contribution in [0.15, 0.2) is 78.9 Å². The number of hydrogen-bond acceptors (Lipinski definition) is 1. The van der Waals surface area contributed by atoms with Gasteiger partial charge in [-0.3, -0.25) is 0 Å². The molecule has 4 aromatic rings. The molecule has 3 aliphatic rings. The Morgan fingerprint density at radius 1 is 0.711 bits per heavy atom. The van der Waals surface area contributed by atoms with Gasteiger partial charge in [0, 0.05) is 0 Å². The van der Waals surface area contributed by atoms with E-state index in [9.17, 15) is 0 Å². The zero-order valence-corrected chi connectivity index (χ0v) is 28.5. The van der Waals surface area contributed by atoms with Crippen LogP contribution in [-0.2, 0) is 23.2 Å². The van der Waals surface area contributed by atoms with Gasteiger partial charge in [-0.25, -0.2) is 0 Å². The van der Waals surface area contributed by atoms with Crippen molar-refractivity contribution < 1.29 is 52.5 Å². The molecule has 1 aliphatic heterocycles. The Morgan fingerprint density at radius 3 is 1.87 bits per heavy atom. The van der Waals surface area contributed by atoms with E-state index in [1.165, 1.54) is 34.0 Å². The monoisotopic (exact) mass is 648 g/mol. The van der Waals surface area contributed by atoms with Gasteiger partial charge in [0.2, 0.25) is 0 Å². The quantitative estimate of drug-likeness (QED) is 0.305. The summed E-state index contributed by atoms with van der Waals surface area (Å²) in [5.74, 6) is 1.20. The van der Waals surface area contributed by atoms with Gasteiger partial charge < -0.3 is 24.8 Å². The molecule has 6 heteroatoms. The third-order valence-electron chi connectivity index (χ3n) is 8.62. The molecule has 1 nitrogen and oxygen atoms in total. The average Bonchev–Trinajstić information content (AvgIpc) is 3.35. The number of hydrogen-bond donors (Lipinski definition) is 0. The Labute approximate surface area is 253 Å². The fourth-order valence-corrected chi connectivity index (χ4v) is 17.8.